The second kappa shape index (κ2) is 7.65. The molecule has 8 heteroatoms. The van der Waals surface area contributed by atoms with E-state index in [1.54, 1.807) is 16.8 Å². The van der Waals surface area contributed by atoms with Crippen molar-refractivity contribution in [2.24, 2.45) is 7.05 Å². The Bertz CT molecular complexity index is 912. The average Bonchev–Trinajstić information content (AvgIpc) is 3.13. The molecule has 0 unspecified atom stereocenters. The van der Waals surface area contributed by atoms with E-state index in [4.69, 9.17) is 12.2 Å². The third kappa shape index (κ3) is 4.26. The average molecular weight is 372 g/mol. The number of halogens is 1. The number of aromatic nitrogens is 4. The van der Waals surface area contributed by atoms with Gasteiger partial charge in [0.25, 0.3) is 0 Å². The van der Waals surface area contributed by atoms with E-state index in [1.165, 1.54) is 12.1 Å². The highest BCUT2D eigenvalue weighted by Crippen LogP contribution is 2.20. The fourth-order valence-electron chi connectivity index (χ4n) is 2.68. The van der Waals surface area contributed by atoms with Crippen LogP contribution < -0.4 is 10.6 Å². The van der Waals surface area contributed by atoms with Crippen LogP contribution in [0.25, 0.3) is 0 Å². The number of rotatable bonds is 5. The number of aryl methyl sites for hydroxylation is 2. The van der Waals surface area contributed by atoms with Gasteiger partial charge in [0.1, 0.15) is 5.82 Å². The normalized spacial score (nSPS) is 10.8. The molecule has 0 bridgehead atoms. The fourth-order valence-corrected chi connectivity index (χ4v) is 2.85. The molecule has 0 amide bonds. The maximum atomic E-state index is 13.1. The Morgan fingerprint density at radius 3 is 2.54 bits per heavy atom. The molecular weight excluding hydrogens is 351 g/mol. The summed E-state index contributed by atoms with van der Waals surface area (Å²) in [5.74, 6) is -0.242. The number of thiocarbonyl (C=S) groups is 1. The molecule has 0 fully saturated rings. The molecule has 0 atom stereocenters. The van der Waals surface area contributed by atoms with Crippen LogP contribution in [0.3, 0.4) is 0 Å². The molecule has 1 aromatic carbocycles. The summed E-state index contributed by atoms with van der Waals surface area (Å²) in [7, 11) is 1.88. The first kappa shape index (κ1) is 18.1. The summed E-state index contributed by atoms with van der Waals surface area (Å²) in [4.78, 5) is 0. The van der Waals surface area contributed by atoms with Crippen molar-refractivity contribution in [3.63, 3.8) is 0 Å². The summed E-state index contributed by atoms with van der Waals surface area (Å²) in [5, 5.41) is 15.7. The van der Waals surface area contributed by atoms with Crippen molar-refractivity contribution in [1.29, 1.82) is 0 Å². The van der Waals surface area contributed by atoms with Gasteiger partial charge in [-0.15, -0.1) is 0 Å². The lowest BCUT2D eigenvalue weighted by molar-refractivity contribution is 0.622. The molecule has 0 aliphatic heterocycles. The van der Waals surface area contributed by atoms with Gasteiger partial charge in [0.15, 0.2) is 5.11 Å². The van der Waals surface area contributed by atoms with Crippen molar-refractivity contribution in [3.8, 4) is 0 Å². The van der Waals surface area contributed by atoms with Gasteiger partial charge in [-0.25, -0.2) is 4.39 Å². The lowest BCUT2D eigenvalue weighted by Gasteiger charge is -2.10. The van der Waals surface area contributed by atoms with Crippen molar-refractivity contribution >= 4 is 23.0 Å². The van der Waals surface area contributed by atoms with Crippen LogP contribution in [0, 0.1) is 19.7 Å². The molecule has 0 saturated heterocycles. The van der Waals surface area contributed by atoms with Crippen molar-refractivity contribution in [2.45, 2.75) is 26.9 Å². The Labute approximate surface area is 157 Å². The first-order valence-electron chi connectivity index (χ1n) is 8.24. The summed E-state index contributed by atoms with van der Waals surface area (Å²) in [6.45, 7) is 5.03. The summed E-state index contributed by atoms with van der Waals surface area (Å²) < 4.78 is 16.7. The summed E-state index contributed by atoms with van der Waals surface area (Å²) in [6.07, 6.45) is 1.89. The first-order valence-corrected chi connectivity index (χ1v) is 8.65. The zero-order valence-corrected chi connectivity index (χ0v) is 15.8. The van der Waals surface area contributed by atoms with Crippen LogP contribution in [0.2, 0.25) is 0 Å². The number of hydrogen-bond acceptors (Lipinski definition) is 3. The highest BCUT2D eigenvalue weighted by atomic mass is 32.1. The molecule has 0 spiro atoms. The Kier molecular flexibility index (Phi) is 5.32. The highest BCUT2D eigenvalue weighted by molar-refractivity contribution is 7.80. The fraction of sp³-hybridized carbons (Fsp3) is 0.278. The molecule has 3 rings (SSSR count). The van der Waals surface area contributed by atoms with Crippen LogP contribution >= 0.6 is 12.2 Å². The second-order valence-corrected chi connectivity index (χ2v) is 6.53. The van der Waals surface area contributed by atoms with E-state index in [1.807, 2.05) is 37.8 Å². The van der Waals surface area contributed by atoms with Crippen LogP contribution in [0.1, 0.15) is 22.6 Å². The van der Waals surface area contributed by atoms with Crippen molar-refractivity contribution in [2.75, 3.05) is 5.32 Å². The predicted octanol–water partition coefficient (Wildman–Crippen LogP) is 2.91. The van der Waals surface area contributed by atoms with Gasteiger partial charge >= 0.3 is 0 Å². The molecule has 136 valence electrons. The van der Waals surface area contributed by atoms with Gasteiger partial charge in [0, 0.05) is 13.2 Å². The third-order valence-corrected chi connectivity index (χ3v) is 4.31. The Morgan fingerprint density at radius 1 is 1.15 bits per heavy atom. The SMILES string of the molecule is Cc1nn(Cc2ccc(F)cc2)c(C)c1NC(=S)NCc1ccn(C)n1. The topological polar surface area (TPSA) is 59.7 Å². The number of nitrogens with zero attached hydrogens (tertiary/aromatic N) is 4. The summed E-state index contributed by atoms with van der Waals surface area (Å²) in [6, 6.07) is 8.37. The Morgan fingerprint density at radius 2 is 1.88 bits per heavy atom. The van der Waals surface area contributed by atoms with Crippen LogP contribution in [0.4, 0.5) is 10.1 Å². The van der Waals surface area contributed by atoms with Crippen LogP contribution in [-0.4, -0.2) is 24.7 Å². The maximum absolute atomic E-state index is 13.1. The van der Waals surface area contributed by atoms with Crippen LogP contribution in [0.15, 0.2) is 36.5 Å². The van der Waals surface area contributed by atoms with Crippen molar-refractivity contribution in [3.05, 3.63) is 65.0 Å². The molecule has 0 aliphatic rings. The molecule has 6 nitrogen and oxygen atoms in total. The molecule has 3 aromatic rings. The van der Waals surface area contributed by atoms with Crippen molar-refractivity contribution in [1.82, 2.24) is 24.9 Å². The Balaban J connectivity index is 1.65. The number of nitrogens with one attached hydrogen (secondary N) is 2. The lowest BCUT2D eigenvalue weighted by atomic mass is 10.2. The van der Waals surface area contributed by atoms with Gasteiger partial charge in [-0.1, -0.05) is 12.1 Å². The van der Waals surface area contributed by atoms with Gasteiger partial charge in [-0.3, -0.25) is 9.36 Å². The quantitative estimate of drug-likeness (QED) is 0.675. The molecule has 2 N–H and O–H groups in total. The van der Waals surface area contributed by atoms with Gasteiger partial charge in [0.2, 0.25) is 0 Å². The minimum absolute atomic E-state index is 0.242. The van der Waals surface area contributed by atoms with E-state index in [0.717, 1.165) is 28.3 Å². The Hall–Kier alpha value is -2.74. The van der Waals surface area contributed by atoms with Gasteiger partial charge in [-0.05, 0) is 49.8 Å². The van der Waals surface area contributed by atoms with E-state index in [0.29, 0.717) is 18.2 Å². The minimum Gasteiger partial charge on any atom is -0.357 e. The standard InChI is InChI=1S/C18H21FN6S/c1-12-17(21-18(26)20-10-16-8-9-24(3)23-16)13(2)25(22-12)11-14-4-6-15(19)7-5-14/h4-9H,10-11H2,1-3H3,(H2,20,21,26). The molecule has 2 aromatic heterocycles. The molecule has 0 saturated carbocycles. The summed E-state index contributed by atoms with van der Waals surface area (Å²) in [5.41, 5.74) is 4.60. The largest absolute Gasteiger partial charge is 0.357 e. The predicted molar refractivity (Wildman–Crippen MR) is 103 cm³/mol. The second-order valence-electron chi connectivity index (χ2n) is 6.12. The summed E-state index contributed by atoms with van der Waals surface area (Å²) >= 11 is 5.38. The van der Waals surface area contributed by atoms with Gasteiger partial charge < -0.3 is 10.6 Å². The number of benzene rings is 1. The number of anilines is 1. The lowest BCUT2D eigenvalue weighted by Crippen LogP contribution is -2.28. The zero-order valence-electron chi connectivity index (χ0n) is 15.0. The van der Waals surface area contributed by atoms with E-state index in [9.17, 15) is 4.39 Å². The van der Waals surface area contributed by atoms with Crippen LogP contribution in [-0.2, 0) is 20.1 Å². The molecule has 26 heavy (non-hydrogen) atoms. The number of hydrogen-bond donors (Lipinski definition) is 2. The minimum atomic E-state index is -0.242. The zero-order chi connectivity index (χ0) is 18.7. The van der Waals surface area contributed by atoms with E-state index in [-0.39, 0.29) is 5.82 Å². The molecule has 2 heterocycles. The maximum Gasteiger partial charge on any atom is 0.171 e. The molecule has 0 aliphatic carbocycles. The smallest absolute Gasteiger partial charge is 0.171 e. The van der Waals surface area contributed by atoms with Crippen molar-refractivity contribution < 1.29 is 4.39 Å². The van der Waals surface area contributed by atoms with Gasteiger partial charge in [-0.2, -0.15) is 10.2 Å². The van der Waals surface area contributed by atoms with E-state index < -0.39 is 0 Å². The first-order chi connectivity index (χ1) is 12.4. The molecular formula is C18H21FN6S. The highest BCUT2D eigenvalue weighted by Gasteiger charge is 2.13. The van der Waals surface area contributed by atoms with Gasteiger partial charge in [0.05, 0.1) is 35.9 Å². The monoisotopic (exact) mass is 372 g/mol. The third-order valence-electron chi connectivity index (χ3n) is 4.06. The molecule has 0 radical (unpaired) electrons. The van der Waals surface area contributed by atoms with Crippen LogP contribution in [0.5, 0.6) is 0 Å². The van der Waals surface area contributed by atoms with E-state index in [2.05, 4.69) is 20.8 Å². The van der Waals surface area contributed by atoms with E-state index >= 15 is 0 Å².